The van der Waals surface area contributed by atoms with Gasteiger partial charge < -0.3 is 19.3 Å². The molecule has 2 aromatic rings. The van der Waals surface area contributed by atoms with E-state index in [9.17, 15) is 5.11 Å². The summed E-state index contributed by atoms with van der Waals surface area (Å²) in [4.78, 5) is 0. The van der Waals surface area contributed by atoms with E-state index < -0.39 is 56.5 Å². The monoisotopic (exact) mass is 356 g/mol. The van der Waals surface area contributed by atoms with Gasteiger partial charge in [-0.15, -0.1) is 0 Å². The molecule has 4 nitrogen and oxygen atoms in total. The molecule has 0 saturated heterocycles. The van der Waals surface area contributed by atoms with E-state index in [0.29, 0.717) is 5.56 Å². The van der Waals surface area contributed by atoms with Crippen LogP contribution in [0.5, 0.6) is 17.2 Å². The first-order valence-electron chi connectivity index (χ1n) is 13.4. The Hall–Kier alpha value is -2.20. The predicted octanol–water partition coefficient (Wildman–Crippen LogP) is 4.16. The molecule has 0 aliphatic carbocycles. The van der Waals surface area contributed by atoms with Gasteiger partial charge in [0.25, 0.3) is 0 Å². The third kappa shape index (κ3) is 6.31. The molecule has 25 heavy (non-hydrogen) atoms. The maximum atomic E-state index is 10.6. The van der Waals surface area contributed by atoms with Crippen LogP contribution in [0.3, 0.4) is 0 Å². The first-order chi connectivity index (χ1) is 16.6. The second-order valence-electron chi connectivity index (χ2n) is 4.99. The van der Waals surface area contributed by atoms with Crippen molar-refractivity contribution in [2.45, 2.75) is 38.5 Å². The van der Waals surface area contributed by atoms with Gasteiger partial charge in [-0.1, -0.05) is 24.6 Å². The van der Waals surface area contributed by atoms with Crippen molar-refractivity contribution in [1.82, 2.24) is 0 Å². The number of hydrogen-bond acceptors (Lipinski definition) is 4. The van der Waals surface area contributed by atoms with Crippen LogP contribution in [0.25, 0.3) is 0 Å². The van der Waals surface area contributed by atoms with Crippen molar-refractivity contribution in [3.05, 3.63) is 53.6 Å². The average Bonchev–Trinajstić information content (AvgIpc) is 2.71. The normalized spacial score (nSPS) is 23.0. The number of aliphatic hydroxyl groups is 1. The van der Waals surface area contributed by atoms with Gasteiger partial charge in [-0.05, 0) is 61.4 Å². The molecule has 0 fully saturated rings. The fraction of sp³-hybridized carbons (Fsp3) is 0.429. The molecule has 0 aliphatic heterocycles. The molecule has 0 heterocycles. The van der Waals surface area contributed by atoms with Crippen molar-refractivity contribution < 1.29 is 35.8 Å². The molecule has 4 heteroatoms. The van der Waals surface area contributed by atoms with E-state index >= 15 is 0 Å². The van der Waals surface area contributed by atoms with Gasteiger partial charge >= 0.3 is 0 Å². The highest BCUT2D eigenvalue weighted by atomic mass is 16.5. The fourth-order valence-electron chi connectivity index (χ4n) is 1.93. The van der Waals surface area contributed by atoms with Crippen LogP contribution in [0.1, 0.15) is 46.7 Å². The van der Waals surface area contributed by atoms with Gasteiger partial charge in [0.1, 0.15) is 12.3 Å². The van der Waals surface area contributed by atoms with Gasteiger partial charge in [0, 0.05) is 8.22 Å². The summed E-state index contributed by atoms with van der Waals surface area (Å²) in [6.07, 6.45) is -14.7. The lowest BCUT2D eigenvalue weighted by Crippen LogP contribution is -2.17. The van der Waals surface area contributed by atoms with Crippen molar-refractivity contribution >= 4 is 0 Å². The van der Waals surface area contributed by atoms with E-state index in [1.54, 1.807) is 13.0 Å². The molecule has 1 unspecified atom stereocenters. The number of ether oxygens (including phenoxy) is 3. The van der Waals surface area contributed by atoms with Crippen molar-refractivity contribution in [2.24, 2.45) is 0 Å². The molecule has 0 radical (unpaired) electrons. The molecule has 1 atom stereocenters. The molecule has 0 aliphatic rings. The summed E-state index contributed by atoms with van der Waals surface area (Å²) in [6, 6.07) is 9.05. The maximum Gasteiger partial charge on any atom is 0.160 e. The number of rotatable bonds is 10. The van der Waals surface area contributed by atoms with Gasteiger partial charge in [-0.3, -0.25) is 0 Å². The Morgan fingerprint density at radius 1 is 1.20 bits per heavy atom. The smallest absolute Gasteiger partial charge is 0.160 e. The zero-order valence-corrected chi connectivity index (χ0v) is 13.9. The lowest BCUT2D eigenvalue weighted by Gasteiger charge is -2.13. The number of benzene rings is 2. The summed E-state index contributed by atoms with van der Waals surface area (Å²) in [5.41, 5.74) is 0.219. The van der Waals surface area contributed by atoms with E-state index in [2.05, 4.69) is 0 Å². The Balaban J connectivity index is 2.41. The van der Waals surface area contributed by atoms with Crippen LogP contribution in [-0.2, 0) is 6.37 Å². The Morgan fingerprint density at radius 2 is 2.08 bits per heavy atom. The molecular formula is C21H28O4. The molecule has 2 aromatic carbocycles. The highest BCUT2D eigenvalue weighted by Gasteiger charge is 2.07. The fourth-order valence-corrected chi connectivity index (χ4v) is 1.93. The zero-order chi connectivity index (χ0) is 28.7. The summed E-state index contributed by atoms with van der Waals surface area (Å²) < 4.78 is 111. The van der Waals surface area contributed by atoms with E-state index in [1.807, 2.05) is 0 Å². The predicted molar refractivity (Wildman–Crippen MR) is 99.8 cm³/mol. The standard InChI is InChI=1S/C21H28O4/c1-16-7-6-10-19(13-16)25-15-18(22)9-5-4-8-17-11-12-20(23-2)21(14-17)24-3/h6-7,10-14,18,22H,4-5,8-9,15H2,1-3H3/i3D3,4D2,8D2,9D2,15D2,18D. The summed E-state index contributed by atoms with van der Waals surface area (Å²) in [5.74, 6) is -0.596. The lowest BCUT2D eigenvalue weighted by atomic mass is 10.0. The molecule has 0 saturated carbocycles. The highest BCUT2D eigenvalue weighted by Crippen LogP contribution is 2.28. The minimum absolute atomic E-state index is 0.0754. The minimum atomic E-state index is -3.69. The number of aryl methyl sites for hydroxylation is 2. The second kappa shape index (κ2) is 9.94. The maximum absolute atomic E-state index is 10.6. The molecule has 136 valence electrons. The topological polar surface area (TPSA) is 47.9 Å². The Kier molecular flexibility index (Phi) is 3.36. The molecular weight excluding hydrogens is 316 g/mol. The van der Waals surface area contributed by atoms with Gasteiger partial charge in [-0.25, -0.2) is 0 Å². The summed E-state index contributed by atoms with van der Waals surface area (Å²) in [7, 11) is -1.72. The van der Waals surface area contributed by atoms with Gasteiger partial charge in [0.05, 0.1) is 28.5 Å². The molecule has 2 rings (SSSR count). The first kappa shape index (κ1) is 8.45. The van der Waals surface area contributed by atoms with Crippen LogP contribution in [0.4, 0.5) is 0 Å². The van der Waals surface area contributed by atoms with Crippen molar-refractivity contribution in [3.63, 3.8) is 0 Å². The Morgan fingerprint density at radius 3 is 2.84 bits per heavy atom. The van der Waals surface area contributed by atoms with Gasteiger partial charge in [-0.2, -0.15) is 0 Å². The summed E-state index contributed by atoms with van der Waals surface area (Å²) in [5, 5.41) is 10.6. The average molecular weight is 357 g/mol. The zero-order valence-electron chi connectivity index (χ0n) is 25.9. The van der Waals surface area contributed by atoms with Crippen LogP contribution in [-0.4, -0.2) is 31.9 Å². The molecule has 0 bridgehead atoms. The number of hydrogen-bond donors (Lipinski definition) is 1. The SMILES string of the molecule is [2H]C([2H])([2H])Oc1cc(C([2H])([2H])C([2H])([2H])CC([2H])([2H])C([2H])(O)C([2H])([2H])Oc2cccc(C)c2)ccc1OC. The number of methoxy groups -OCH3 is 2. The molecule has 0 aromatic heterocycles. The first-order valence-corrected chi connectivity index (χ1v) is 7.42. The highest BCUT2D eigenvalue weighted by molar-refractivity contribution is 5.42. The summed E-state index contributed by atoms with van der Waals surface area (Å²) >= 11 is 0. The van der Waals surface area contributed by atoms with Gasteiger partial charge in [0.2, 0.25) is 0 Å². The van der Waals surface area contributed by atoms with Crippen LogP contribution in [0.2, 0.25) is 0 Å². The van der Waals surface area contributed by atoms with Crippen LogP contribution in [0.15, 0.2) is 42.5 Å². The third-order valence-corrected chi connectivity index (χ3v) is 3.11. The lowest BCUT2D eigenvalue weighted by molar-refractivity contribution is 0.0976. The third-order valence-electron chi connectivity index (χ3n) is 3.11. The van der Waals surface area contributed by atoms with E-state index in [4.69, 9.17) is 30.7 Å². The van der Waals surface area contributed by atoms with Crippen LogP contribution < -0.4 is 14.2 Å². The van der Waals surface area contributed by atoms with E-state index in [1.165, 1.54) is 25.3 Å². The second-order valence-corrected chi connectivity index (χ2v) is 4.99. The van der Waals surface area contributed by atoms with E-state index in [0.717, 1.165) is 18.2 Å². The van der Waals surface area contributed by atoms with Crippen LogP contribution >= 0.6 is 0 Å². The van der Waals surface area contributed by atoms with Gasteiger partial charge in [0.15, 0.2) is 11.5 Å². The Bertz CT molecular complexity index is 1100. The van der Waals surface area contributed by atoms with E-state index in [-0.39, 0.29) is 11.5 Å². The quantitative estimate of drug-likeness (QED) is 0.694. The molecule has 0 spiro atoms. The van der Waals surface area contributed by atoms with Crippen molar-refractivity contribution in [1.29, 1.82) is 0 Å². The Labute approximate surface area is 167 Å². The molecule has 1 N–H and O–H groups in total. The largest absolute Gasteiger partial charge is 0.493 e. The molecule has 0 amide bonds. The van der Waals surface area contributed by atoms with Crippen molar-refractivity contribution in [3.8, 4) is 17.2 Å². The van der Waals surface area contributed by atoms with Crippen molar-refractivity contribution in [2.75, 3.05) is 20.7 Å². The minimum Gasteiger partial charge on any atom is -0.493 e. The summed E-state index contributed by atoms with van der Waals surface area (Å²) in [6.45, 7) is -1.70. The van der Waals surface area contributed by atoms with Crippen LogP contribution in [0, 0.1) is 6.92 Å².